The number of carboxylic acids is 1. The van der Waals surface area contributed by atoms with Gasteiger partial charge >= 0.3 is 5.97 Å². The van der Waals surface area contributed by atoms with Crippen molar-refractivity contribution in [2.45, 2.75) is 25.8 Å². The molecule has 126 valence electrons. The average molecular weight is 333 g/mol. The number of rotatable bonds is 6. The summed E-state index contributed by atoms with van der Waals surface area (Å²) in [5.41, 5.74) is -0.888. The van der Waals surface area contributed by atoms with Gasteiger partial charge in [-0.2, -0.15) is 9.78 Å². The molecule has 0 spiro atoms. The Hall–Kier alpha value is -3.03. The highest BCUT2D eigenvalue weighted by molar-refractivity contribution is 5.94. The summed E-state index contributed by atoms with van der Waals surface area (Å²) in [7, 11) is 0. The summed E-state index contributed by atoms with van der Waals surface area (Å²) < 4.78 is 14.6. The molecule has 0 saturated heterocycles. The topological polar surface area (TPSA) is 101 Å². The molecule has 1 atom stereocenters. The molecule has 2 rings (SSSR count). The molecule has 0 radical (unpaired) electrons. The van der Waals surface area contributed by atoms with Crippen molar-refractivity contribution in [3.05, 3.63) is 58.3 Å². The van der Waals surface area contributed by atoms with Crippen LogP contribution in [0.15, 0.2) is 41.2 Å². The fourth-order valence-corrected chi connectivity index (χ4v) is 2.11. The number of hydrogen-bond acceptors (Lipinski definition) is 4. The molecule has 0 aliphatic rings. The van der Waals surface area contributed by atoms with E-state index in [9.17, 15) is 18.8 Å². The van der Waals surface area contributed by atoms with Crippen molar-refractivity contribution in [1.29, 1.82) is 0 Å². The fourth-order valence-electron chi connectivity index (χ4n) is 2.11. The number of benzene rings is 1. The molecule has 1 aromatic heterocycles. The molecule has 1 amide bonds. The van der Waals surface area contributed by atoms with Crippen LogP contribution in [0.1, 0.15) is 30.3 Å². The van der Waals surface area contributed by atoms with E-state index in [-0.39, 0.29) is 17.8 Å². The summed E-state index contributed by atoms with van der Waals surface area (Å²) in [6.07, 6.45) is 0.827. The number of carbonyl (C=O) groups excluding carboxylic acids is 1. The van der Waals surface area contributed by atoms with Crippen molar-refractivity contribution >= 4 is 11.9 Å². The van der Waals surface area contributed by atoms with Gasteiger partial charge in [-0.15, -0.1) is 0 Å². The zero-order valence-corrected chi connectivity index (χ0v) is 12.9. The molecule has 2 N–H and O–H groups in total. The monoisotopic (exact) mass is 333 g/mol. The quantitative estimate of drug-likeness (QED) is 0.831. The van der Waals surface area contributed by atoms with Gasteiger partial charge in [-0.1, -0.05) is 25.5 Å². The van der Waals surface area contributed by atoms with Crippen molar-refractivity contribution in [3.8, 4) is 5.69 Å². The van der Waals surface area contributed by atoms with Gasteiger partial charge in [0.1, 0.15) is 23.2 Å². The maximum atomic E-state index is 13.8. The summed E-state index contributed by atoms with van der Waals surface area (Å²) in [4.78, 5) is 35.2. The van der Waals surface area contributed by atoms with Crippen molar-refractivity contribution in [2.24, 2.45) is 0 Å². The number of carbonyl (C=O) groups is 2. The Morgan fingerprint density at radius 3 is 2.62 bits per heavy atom. The van der Waals surface area contributed by atoms with Crippen LogP contribution in [0.5, 0.6) is 0 Å². The molecule has 1 heterocycles. The average Bonchev–Trinajstić information content (AvgIpc) is 2.55. The van der Waals surface area contributed by atoms with Gasteiger partial charge in [-0.3, -0.25) is 9.59 Å². The first kappa shape index (κ1) is 17.3. The van der Waals surface area contributed by atoms with E-state index in [2.05, 4.69) is 10.4 Å². The van der Waals surface area contributed by atoms with Crippen LogP contribution in [0.3, 0.4) is 0 Å². The number of aliphatic carboxylic acids is 1. The Labute approximate surface area is 136 Å². The third kappa shape index (κ3) is 3.83. The Morgan fingerprint density at radius 2 is 2.00 bits per heavy atom. The summed E-state index contributed by atoms with van der Waals surface area (Å²) in [5, 5.41) is 15.2. The molecule has 8 heteroatoms. The number of aromatic nitrogens is 2. The van der Waals surface area contributed by atoms with E-state index in [1.54, 1.807) is 6.92 Å². The minimum atomic E-state index is -1.16. The Kier molecular flexibility index (Phi) is 5.41. The first-order valence-corrected chi connectivity index (χ1v) is 7.33. The molecule has 0 aliphatic heterocycles. The minimum Gasteiger partial charge on any atom is -0.480 e. The minimum absolute atomic E-state index is 0.0968. The summed E-state index contributed by atoms with van der Waals surface area (Å²) in [6, 6.07) is 6.69. The lowest BCUT2D eigenvalue weighted by atomic mass is 10.1. The Morgan fingerprint density at radius 1 is 1.29 bits per heavy atom. The van der Waals surface area contributed by atoms with Crippen LogP contribution in [0.25, 0.3) is 5.69 Å². The predicted molar refractivity (Wildman–Crippen MR) is 83.6 cm³/mol. The van der Waals surface area contributed by atoms with E-state index in [1.165, 1.54) is 24.3 Å². The van der Waals surface area contributed by atoms with Gasteiger partial charge in [0.05, 0.1) is 0 Å². The lowest BCUT2D eigenvalue weighted by Gasteiger charge is -2.13. The van der Waals surface area contributed by atoms with Crippen LogP contribution in [-0.4, -0.2) is 32.8 Å². The number of amides is 1. The van der Waals surface area contributed by atoms with Crippen molar-refractivity contribution in [1.82, 2.24) is 15.1 Å². The highest BCUT2D eigenvalue weighted by Gasteiger charge is 2.21. The summed E-state index contributed by atoms with van der Waals surface area (Å²) in [6.45, 7) is 1.79. The van der Waals surface area contributed by atoms with Gasteiger partial charge in [0.15, 0.2) is 0 Å². The van der Waals surface area contributed by atoms with Gasteiger partial charge in [0.2, 0.25) is 0 Å². The van der Waals surface area contributed by atoms with E-state index in [0.717, 1.165) is 16.8 Å². The van der Waals surface area contributed by atoms with E-state index in [0.29, 0.717) is 6.42 Å². The SMILES string of the molecule is CCCC(NC(=O)c1ccc(=O)n(-c2ccccc2F)n1)C(=O)O. The first-order chi connectivity index (χ1) is 11.4. The fraction of sp³-hybridized carbons (Fsp3) is 0.250. The Bertz CT molecular complexity index is 819. The molecule has 7 nitrogen and oxygen atoms in total. The number of halogens is 1. The maximum Gasteiger partial charge on any atom is 0.326 e. The van der Waals surface area contributed by atoms with Crippen molar-refractivity contribution < 1.29 is 19.1 Å². The Balaban J connectivity index is 2.34. The molecule has 0 aliphatic carbocycles. The standard InChI is InChI=1S/C16H16FN3O4/c1-2-5-12(16(23)24)18-15(22)11-8-9-14(21)20(19-11)13-7-4-3-6-10(13)17/h3-4,6-9,12H,2,5H2,1H3,(H,18,22)(H,23,24). The second-order valence-electron chi connectivity index (χ2n) is 5.07. The molecule has 0 saturated carbocycles. The van der Waals surface area contributed by atoms with Gasteiger partial charge in [-0.05, 0) is 24.6 Å². The molecule has 0 bridgehead atoms. The highest BCUT2D eigenvalue weighted by Crippen LogP contribution is 2.09. The summed E-state index contributed by atoms with van der Waals surface area (Å²) in [5.74, 6) is -2.58. The molecular formula is C16H16FN3O4. The maximum absolute atomic E-state index is 13.8. The number of nitrogens with one attached hydrogen (secondary N) is 1. The molecule has 2 aromatic rings. The predicted octanol–water partition coefficient (Wildman–Crippen LogP) is 1.35. The van der Waals surface area contributed by atoms with E-state index >= 15 is 0 Å². The lowest BCUT2D eigenvalue weighted by Crippen LogP contribution is -2.41. The number of nitrogens with zero attached hydrogens (tertiary/aromatic N) is 2. The van der Waals surface area contributed by atoms with Crippen LogP contribution in [-0.2, 0) is 4.79 Å². The third-order valence-electron chi connectivity index (χ3n) is 3.29. The van der Waals surface area contributed by atoms with Crippen LogP contribution in [0.2, 0.25) is 0 Å². The molecule has 1 unspecified atom stereocenters. The van der Waals surface area contributed by atoms with Crippen molar-refractivity contribution in [3.63, 3.8) is 0 Å². The highest BCUT2D eigenvalue weighted by atomic mass is 19.1. The smallest absolute Gasteiger partial charge is 0.326 e. The van der Waals surface area contributed by atoms with Crippen LogP contribution >= 0.6 is 0 Å². The third-order valence-corrected chi connectivity index (χ3v) is 3.29. The normalized spacial score (nSPS) is 11.8. The molecule has 24 heavy (non-hydrogen) atoms. The van der Waals surface area contributed by atoms with Gasteiger partial charge in [-0.25, -0.2) is 9.18 Å². The zero-order valence-electron chi connectivity index (χ0n) is 12.9. The van der Waals surface area contributed by atoms with Gasteiger partial charge < -0.3 is 10.4 Å². The van der Waals surface area contributed by atoms with Crippen LogP contribution < -0.4 is 10.9 Å². The zero-order chi connectivity index (χ0) is 17.7. The van der Waals surface area contributed by atoms with Crippen LogP contribution in [0.4, 0.5) is 4.39 Å². The van der Waals surface area contributed by atoms with E-state index < -0.39 is 29.3 Å². The van der Waals surface area contributed by atoms with Gasteiger partial charge in [0, 0.05) is 6.07 Å². The lowest BCUT2D eigenvalue weighted by molar-refractivity contribution is -0.139. The number of hydrogen-bond donors (Lipinski definition) is 2. The first-order valence-electron chi connectivity index (χ1n) is 7.33. The van der Waals surface area contributed by atoms with E-state index in [1.807, 2.05) is 0 Å². The van der Waals surface area contributed by atoms with Crippen LogP contribution in [0, 0.1) is 5.82 Å². The molecular weight excluding hydrogens is 317 g/mol. The largest absolute Gasteiger partial charge is 0.480 e. The van der Waals surface area contributed by atoms with Gasteiger partial charge in [0.25, 0.3) is 11.5 Å². The van der Waals surface area contributed by atoms with Crippen molar-refractivity contribution in [2.75, 3.05) is 0 Å². The van der Waals surface area contributed by atoms with E-state index in [4.69, 9.17) is 5.11 Å². The molecule has 1 aromatic carbocycles. The molecule has 0 fully saturated rings. The number of carboxylic acid groups (broad SMARTS) is 1. The number of para-hydroxylation sites is 1. The second kappa shape index (κ2) is 7.49. The summed E-state index contributed by atoms with van der Waals surface area (Å²) >= 11 is 0. The second-order valence-corrected chi connectivity index (χ2v) is 5.07.